The van der Waals surface area contributed by atoms with Crippen molar-refractivity contribution in [2.45, 2.75) is 13.8 Å². The lowest BCUT2D eigenvalue weighted by atomic mass is 10.1. The number of carbonyl (C=O) groups excluding carboxylic acids is 2. The fourth-order valence-corrected chi connectivity index (χ4v) is 2.74. The Labute approximate surface area is 136 Å². The Morgan fingerprint density at radius 3 is 2.39 bits per heavy atom. The van der Waals surface area contributed by atoms with Gasteiger partial charge in [-0.2, -0.15) is 0 Å². The minimum absolute atomic E-state index is 0.0755. The lowest BCUT2D eigenvalue weighted by Crippen LogP contribution is -2.52. The molecule has 0 aliphatic carbocycles. The van der Waals surface area contributed by atoms with Crippen molar-refractivity contribution in [3.05, 3.63) is 35.1 Å². The molecule has 0 radical (unpaired) electrons. The van der Waals surface area contributed by atoms with E-state index in [2.05, 4.69) is 5.32 Å². The molecule has 0 bridgehead atoms. The summed E-state index contributed by atoms with van der Waals surface area (Å²) in [5, 5.41) is 3.00. The summed E-state index contributed by atoms with van der Waals surface area (Å²) in [6.45, 7) is 6.20. The Morgan fingerprint density at radius 2 is 1.83 bits per heavy atom. The van der Waals surface area contributed by atoms with Crippen LogP contribution in [0.5, 0.6) is 0 Å². The zero-order valence-corrected chi connectivity index (χ0v) is 13.9. The molecule has 1 saturated heterocycles. The van der Waals surface area contributed by atoms with Crippen molar-refractivity contribution in [3.63, 3.8) is 0 Å². The van der Waals surface area contributed by atoms with Crippen molar-refractivity contribution in [2.24, 2.45) is 5.92 Å². The maximum atomic E-state index is 13.6. The van der Waals surface area contributed by atoms with Crippen LogP contribution >= 0.6 is 0 Å². The number of nitrogens with zero attached hydrogens (tertiary/aromatic N) is 2. The molecule has 1 aliphatic rings. The maximum absolute atomic E-state index is 13.6. The Hall–Kier alpha value is -1.95. The highest BCUT2D eigenvalue weighted by molar-refractivity contribution is 5.94. The predicted octanol–water partition coefficient (Wildman–Crippen LogP) is 1.27. The summed E-state index contributed by atoms with van der Waals surface area (Å²) in [7, 11) is 1.82. The first-order valence-corrected chi connectivity index (χ1v) is 7.93. The molecule has 23 heavy (non-hydrogen) atoms. The van der Waals surface area contributed by atoms with Crippen LogP contribution in [-0.2, 0) is 4.79 Å². The van der Waals surface area contributed by atoms with Gasteiger partial charge < -0.3 is 15.1 Å². The highest BCUT2D eigenvalue weighted by Crippen LogP contribution is 2.14. The fraction of sp³-hybridized carbons (Fsp3) is 0.529. The van der Waals surface area contributed by atoms with E-state index in [-0.39, 0.29) is 23.5 Å². The standard InChI is InChI=1S/C17H24FN3O2/c1-12-4-5-14(10-15(12)18)17(23)21-8-6-20(7-9-21)16(22)13(2)11-19-3/h4-5,10,13,19H,6-9,11H2,1-3H3. The number of hydrogen-bond acceptors (Lipinski definition) is 3. The van der Waals surface area contributed by atoms with E-state index >= 15 is 0 Å². The quantitative estimate of drug-likeness (QED) is 0.909. The minimum Gasteiger partial charge on any atom is -0.339 e. The largest absolute Gasteiger partial charge is 0.339 e. The van der Waals surface area contributed by atoms with Gasteiger partial charge in [-0.15, -0.1) is 0 Å². The van der Waals surface area contributed by atoms with Crippen LogP contribution in [-0.4, -0.2) is 61.4 Å². The Kier molecular flexibility index (Phi) is 5.71. The first kappa shape index (κ1) is 17.4. The SMILES string of the molecule is CNCC(C)C(=O)N1CCN(C(=O)c2ccc(C)c(F)c2)CC1. The number of hydrogen-bond donors (Lipinski definition) is 1. The molecule has 1 N–H and O–H groups in total. The smallest absolute Gasteiger partial charge is 0.254 e. The van der Waals surface area contributed by atoms with Gasteiger partial charge in [-0.25, -0.2) is 4.39 Å². The van der Waals surface area contributed by atoms with Gasteiger partial charge in [0.1, 0.15) is 5.82 Å². The van der Waals surface area contributed by atoms with E-state index in [0.717, 1.165) is 0 Å². The summed E-state index contributed by atoms with van der Waals surface area (Å²) < 4.78 is 13.6. The molecule has 0 spiro atoms. The fourth-order valence-electron chi connectivity index (χ4n) is 2.74. The van der Waals surface area contributed by atoms with E-state index in [4.69, 9.17) is 0 Å². The lowest BCUT2D eigenvalue weighted by Gasteiger charge is -2.36. The van der Waals surface area contributed by atoms with Crippen LogP contribution in [0.4, 0.5) is 4.39 Å². The van der Waals surface area contributed by atoms with Gasteiger partial charge >= 0.3 is 0 Å². The van der Waals surface area contributed by atoms with Crippen LogP contribution in [0.25, 0.3) is 0 Å². The van der Waals surface area contributed by atoms with E-state index in [1.54, 1.807) is 28.9 Å². The van der Waals surface area contributed by atoms with Crippen molar-refractivity contribution in [1.82, 2.24) is 15.1 Å². The van der Waals surface area contributed by atoms with Crippen molar-refractivity contribution in [3.8, 4) is 0 Å². The number of rotatable bonds is 4. The number of carbonyl (C=O) groups is 2. The summed E-state index contributed by atoms with van der Waals surface area (Å²) >= 11 is 0. The van der Waals surface area contributed by atoms with E-state index in [1.807, 2.05) is 14.0 Å². The average molecular weight is 321 g/mol. The highest BCUT2D eigenvalue weighted by atomic mass is 19.1. The van der Waals surface area contributed by atoms with Crippen LogP contribution in [0.1, 0.15) is 22.8 Å². The molecule has 1 aromatic rings. The molecule has 0 saturated carbocycles. The summed E-state index contributed by atoms with van der Waals surface area (Å²) in [5.74, 6) is -0.522. The molecular weight excluding hydrogens is 297 g/mol. The van der Waals surface area contributed by atoms with E-state index < -0.39 is 0 Å². The van der Waals surface area contributed by atoms with Gasteiger partial charge in [0.25, 0.3) is 5.91 Å². The van der Waals surface area contributed by atoms with Crippen molar-refractivity contribution >= 4 is 11.8 Å². The third-order valence-electron chi connectivity index (χ3n) is 4.23. The molecule has 6 heteroatoms. The van der Waals surface area contributed by atoms with E-state index in [0.29, 0.717) is 43.9 Å². The normalized spacial score (nSPS) is 16.3. The van der Waals surface area contributed by atoms with E-state index in [1.165, 1.54) is 6.07 Å². The number of aryl methyl sites for hydroxylation is 1. The Morgan fingerprint density at radius 1 is 1.22 bits per heavy atom. The van der Waals surface area contributed by atoms with Crippen LogP contribution in [0, 0.1) is 18.7 Å². The summed E-state index contributed by atoms with van der Waals surface area (Å²) in [5.41, 5.74) is 0.881. The van der Waals surface area contributed by atoms with Crippen LogP contribution in [0.15, 0.2) is 18.2 Å². The summed E-state index contributed by atoms with van der Waals surface area (Å²) in [4.78, 5) is 28.1. The molecule has 1 aliphatic heterocycles. The first-order chi connectivity index (χ1) is 10.9. The predicted molar refractivity (Wildman–Crippen MR) is 86.7 cm³/mol. The molecule has 2 rings (SSSR count). The van der Waals surface area contributed by atoms with E-state index in [9.17, 15) is 14.0 Å². The number of benzene rings is 1. The van der Waals surface area contributed by atoms with Gasteiger partial charge in [0, 0.05) is 44.2 Å². The molecule has 0 aromatic heterocycles. The molecule has 1 unspecified atom stereocenters. The van der Waals surface area contributed by atoms with Gasteiger partial charge in [0.15, 0.2) is 0 Å². The van der Waals surface area contributed by atoms with Crippen molar-refractivity contribution in [2.75, 3.05) is 39.8 Å². The van der Waals surface area contributed by atoms with Gasteiger partial charge in [0.05, 0.1) is 0 Å². The third kappa shape index (κ3) is 4.07. The molecule has 1 heterocycles. The van der Waals surface area contributed by atoms with Crippen LogP contribution < -0.4 is 5.32 Å². The lowest BCUT2D eigenvalue weighted by molar-refractivity contribution is -0.136. The molecule has 1 atom stereocenters. The monoisotopic (exact) mass is 321 g/mol. The molecule has 1 fully saturated rings. The number of halogens is 1. The second kappa shape index (κ2) is 7.55. The molecule has 5 nitrogen and oxygen atoms in total. The van der Waals surface area contributed by atoms with Crippen molar-refractivity contribution < 1.29 is 14.0 Å². The number of amides is 2. The molecular formula is C17H24FN3O2. The minimum atomic E-state index is -0.370. The molecule has 1 aromatic carbocycles. The second-order valence-electron chi connectivity index (χ2n) is 6.04. The summed E-state index contributed by atoms with van der Waals surface area (Å²) in [6, 6.07) is 4.54. The Bertz CT molecular complexity index is 583. The average Bonchev–Trinajstić information content (AvgIpc) is 2.56. The molecule has 126 valence electrons. The summed E-state index contributed by atoms with van der Waals surface area (Å²) in [6.07, 6.45) is 0. The molecule has 2 amide bonds. The van der Waals surface area contributed by atoms with Gasteiger partial charge in [0.2, 0.25) is 5.91 Å². The zero-order valence-electron chi connectivity index (χ0n) is 13.9. The van der Waals surface area contributed by atoms with Gasteiger partial charge in [-0.3, -0.25) is 9.59 Å². The second-order valence-corrected chi connectivity index (χ2v) is 6.04. The highest BCUT2D eigenvalue weighted by Gasteiger charge is 2.27. The van der Waals surface area contributed by atoms with Gasteiger partial charge in [-0.1, -0.05) is 13.0 Å². The zero-order chi connectivity index (χ0) is 17.0. The topological polar surface area (TPSA) is 52.7 Å². The number of nitrogens with one attached hydrogen (secondary N) is 1. The van der Waals surface area contributed by atoms with Crippen molar-refractivity contribution in [1.29, 1.82) is 0 Å². The number of piperazine rings is 1. The van der Waals surface area contributed by atoms with Gasteiger partial charge in [-0.05, 0) is 31.7 Å². The third-order valence-corrected chi connectivity index (χ3v) is 4.23. The Balaban J connectivity index is 1.94. The maximum Gasteiger partial charge on any atom is 0.254 e. The first-order valence-electron chi connectivity index (χ1n) is 7.93. The van der Waals surface area contributed by atoms with Crippen LogP contribution in [0.3, 0.4) is 0 Å². The van der Waals surface area contributed by atoms with Crippen LogP contribution in [0.2, 0.25) is 0 Å².